The van der Waals surface area contributed by atoms with Gasteiger partial charge >= 0.3 is 0 Å². The first-order valence-corrected chi connectivity index (χ1v) is 9.03. The number of hydrogen-bond donors (Lipinski definition) is 2. The summed E-state index contributed by atoms with van der Waals surface area (Å²) in [5, 5.41) is 7.14. The second-order valence-corrected chi connectivity index (χ2v) is 6.78. The van der Waals surface area contributed by atoms with Gasteiger partial charge < -0.3 is 20.3 Å². The lowest BCUT2D eigenvalue weighted by Gasteiger charge is -2.18. The van der Waals surface area contributed by atoms with Gasteiger partial charge in [-0.1, -0.05) is 17.7 Å². The molecule has 2 atom stereocenters. The first kappa shape index (κ1) is 23.4. The third kappa shape index (κ3) is 7.17. The Morgan fingerprint density at radius 1 is 1.42 bits per heavy atom. The van der Waals surface area contributed by atoms with Crippen molar-refractivity contribution in [2.75, 3.05) is 47.4 Å². The number of benzene rings is 1. The Bertz CT molecular complexity index is 570. The van der Waals surface area contributed by atoms with Crippen molar-refractivity contribution in [3.63, 3.8) is 0 Å². The molecule has 8 heteroatoms. The average molecular weight is 499 g/mol. The van der Waals surface area contributed by atoms with Gasteiger partial charge in [-0.2, -0.15) is 0 Å². The van der Waals surface area contributed by atoms with Gasteiger partial charge in [-0.3, -0.25) is 4.99 Å². The molecular weight excluding hydrogens is 470 g/mol. The van der Waals surface area contributed by atoms with Crippen molar-refractivity contribution in [3.8, 4) is 0 Å². The highest BCUT2D eigenvalue weighted by atomic mass is 127. The van der Waals surface area contributed by atoms with Crippen molar-refractivity contribution in [2.24, 2.45) is 4.99 Å². The van der Waals surface area contributed by atoms with Crippen LogP contribution in [0.5, 0.6) is 0 Å². The number of likely N-dealkylation sites (N-methyl/N-ethyl adjacent to an activating group) is 1. The summed E-state index contributed by atoms with van der Waals surface area (Å²) in [7, 11) is 5.55. The van der Waals surface area contributed by atoms with Crippen LogP contribution >= 0.6 is 35.6 Å². The normalized spacial score (nSPS) is 19.2. The molecule has 1 aromatic rings. The minimum Gasteiger partial charge on any atom is -0.385 e. The Balaban J connectivity index is 0.00000338. The molecule has 1 aromatic carbocycles. The fourth-order valence-corrected chi connectivity index (χ4v) is 3.17. The highest BCUT2D eigenvalue weighted by Crippen LogP contribution is 2.44. The highest BCUT2D eigenvalue weighted by Gasteiger charge is 2.41. The molecule has 0 heterocycles. The number of nitrogens with zero attached hydrogens (tertiary/aromatic N) is 2. The summed E-state index contributed by atoms with van der Waals surface area (Å²) in [6.45, 7) is 3.49. The smallest absolute Gasteiger partial charge is 0.191 e. The number of hydrogen-bond acceptors (Lipinski definition) is 3. The Kier molecular flexibility index (Phi) is 10.7. The maximum atomic E-state index is 14.0. The number of ether oxygens (including phenoxy) is 1. The molecule has 2 unspecified atom stereocenters. The monoisotopic (exact) mass is 498 g/mol. The van der Waals surface area contributed by atoms with Crippen molar-refractivity contribution in [3.05, 3.63) is 34.6 Å². The molecule has 0 radical (unpaired) electrons. The molecule has 1 fully saturated rings. The van der Waals surface area contributed by atoms with Gasteiger partial charge in [0.15, 0.2) is 5.96 Å². The molecule has 2 N–H and O–H groups in total. The molecule has 0 saturated heterocycles. The molecular formula is C18H29ClFIN4O. The van der Waals surface area contributed by atoms with Gasteiger partial charge in [0.2, 0.25) is 0 Å². The summed E-state index contributed by atoms with van der Waals surface area (Å²) in [4.78, 5) is 6.49. The van der Waals surface area contributed by atoms with E-state index in [4.69, 9.17) is 16.3 Å². The number of nitrogens with one attached hydrogen (secondary N) is 2. The first-order valence-electron chi connectivity index (χ1n) is 8.65. The number of aliphatic imine (C=N–C) groups is 1. The Morgan fingerprint density at radius 3 is 2.85 bits per heavy atom. The Hall–Kier alpha value is -0.640. The zero-order valence-corrected chi connectivity index (χ0v) is 18.7. The maximum Gasteiger partial charge on any atom is 0.191 e. The molecule has 26 heavy (non-hydrogen) atoms. The average Bonchev–Trinajstić information content (AvgIpc) is 3.32. The number of rotatable bonds is 9. The van der Waals surface area contributed by atoms with E-state index in [2.05, 4.69) is 27.6 Å². The summed E-state index contributed by atoms with van der Waals surface area (Å²) < 4.78 is 19.0. The molecule has 0 aromatic heterocycles. The summed E-state index contributed by atoms with van der Waals surface area (Å²) in [5.41, 5.74) is 0.606. The Labute approximate surface area is 177 Å². The van der Waals surface area contributed by atoms with E-state index in [9.17, 15) is 4.39 Å². The molecule has 0 spiro atoms. The van der Waals surface area contributed by atoms with Gasteiger partial charge in [-0.25, -0.2) is 4.39 Å². The van der Waals surface area contributed by atoms with Crippen molar-refractivity contribution in [1.29, 1.82) is 0 Å². The van der Waals surface area contributed by atoms with Gasteiger partial charge in [0.05, 0.1) is 0 Å². The first-order chi connectivity index (χ1) is 12.1. The number of methoxy groups -OCH3 is 1. The van der Waals surface area contributed by atoms with E-state index in [-0.39, 0.29) is 41.8 Å². The van der Waals surface area contributed by atoms with E-state index in [1.807, 2.05) is 0 Å². The van der Waals surface area contributed by atoms with Crippen LogP contribution < -0.4 is 10.6 Å². The van der Waals surface area contributed by atoms with Crippen LogP contribution in [0, 0.1) is 5.82 Å². The SMILES string of the molecule is CN=C(NCCN(C)CCCOC)NC1CC1c1c(F)cccc1Cl.I. The van der Waals surface area contributed by atoms with Crippen LogP contribution in [0.2, 0.25) is 5.02 Å². The minimum absolute atomic E-state index is 0. The molecule has 2 rings (SSSR count). The lowest BCUT2D eigenvalue weighted by molar-refractivity contribution is 0.180. The molecule has 5 nitrogen and oxygen atoms in total. The van der Waals surface area contributed by atoms with Crippen molar-refractivity contribution in [1.82, 2.24) is 15.5 Å². The van der Waals surface area contributed by atoms with E-state index >= 15 is 0 Å². The quantitative estimate of drug-likeness (QED) is 0.238. The molecule has 1 aliphatic carbocycles. The standard InChI is InChI=1S/C18H28ClFN4O.HI/c1-21-18(22-8-10-24(2)9-5-11-25-3)23-16-12-13(16)17-14(19)6-4-7-15(17)20;/h4,6-7,13,16H,5,8-12H2,1-3H3,(H2,21,22,23);1H. The van der Waals surface area contributed by atoms with Gasteiger partial charge in [0.25, 0.3) is 0 Å². The maximum absolute atomic E-state index is 14.0. The summed E-state index contributed by atoms with van der Waals surface area (Å²) in [6, 6.07) is 5.00. The second-order valence-electron chi connectivity index (χ2n) is 6.38. The van der Waals surface area contributed by atoms with Crippen LogP contribution in [-0.2, 0) is 4.74 Å². The van der Waals surface area contributed by atoms with Crippen molar-refractivity contribution >= 4 is 41.5 Å². The summed E-state index contributed by atoms with van der Waals surface area (Å²) >= 11 is 6.14. The fourth-order valence-electron chi connectivity index (χ4n) is 2.86. The summed E-state index contributed by atoms with van der Waals surface area (Å²) in [6.07, 6.45) is 1.88. The topological polar surface area (TPSA) is 48.9 Å². The lowest BCUT2D eigenvalue weighted by atomic mass is 10.1. The van der Waals surface area contributed by atoms with E-state index in [1.54, 1.807) is 26.3 Å². The Morgan fingerprint density at radius 2 is 2.19 bits per heavy atom. The van der Waals surface area contributed by atoms with E-state index in [0.29, 0.717) is 10.6 Å². The van der Waals surface area contributed by atoms with Crippen LogP contribution in [0.4, 0.5) is 4.39 Å². The van der Waals surface area contributed by atoms with Crippen LogP contribution in [0.3, 0.4) is 0 Å². The highest BCUT2D eigenvalue weighted by molar-refractivity contribution is 14.0. The fraction of sp³-hybridized carbons (Fsp3) is 0.611. The molecule has 0 amide bonds. The van der Waals surface area contributed by atoms with Crippen LogP contribution in [0.25, 0.3) is 0 Å². The van der Waals surface area contributed by atoms with Crippen LogP contribution in [0.1, 0.15) is 24.3 Å². The van der Waals surface area contributed by atoms with Gasteiger partial charge in [-0.15, -0.1) is 24.0 Å². The molecule has 148 valence electrons. The van der Waals surface area contributed by atoms with Gasteiger partial charge in [0, 0.05) is 62.9 Å². The van der Waals surface area contributed by atoms with E-state index < -0.39 is 0 Å². The van der Waals surface area contributed by atoms with Crippen molar-refractivity contribution < 1.29 is 9.13 Å². The third-order valence-corrected chi connectivity index (χ3v) is 4.71. The van der Waals surface area contributed by atoms with E-state index in [0.717, 1.165) is 45.0 Å². The van der Waals surface area contributed by atoms with Gasteiger partial charge in [-0.05, 0) is 32.0 Å². The molecule has 0 bridgehead atoms. The largest absolute Gasteiger partial charge is 0.385 e. The number of halogens is 3. The predicted molar refractivity (Wildman–Crippen MR) is 116 cm³/mol. The second kappa shape index (κ2) is 11.9. The zero-order chi connectivity index (χ0) is 18.2. The van der Waals surface area contributed by atoms with Gasteiger partial charge in [0.1, 0.15) is 5.82 Å². The minimum atomic E-state index is -0.234. The third-order valence-electron chi connectivity index (χ3n) is 4.38. The van der Waals surface area contributed by atoms with Crippen LogP contribution in [-0.4, -0.2) is 64.3 Å². The summed E-state index contributed by atoms with van der Waals surface area (Å²) in [5.74, 6) is 0.608. The number of guanidine groups is 1. The molecule has 0 aliphatic heterocycles. The zero-order valence-electron chi connectivity index (χ0n) is 15.6. The molecule has 1 saturated carbocycles. The van der Waals surface area contributed by atoms with Crippen molar-refractivity contribution in [2.45, 2.75) is 24.8 Å². The predicted octanol–water partition coefficient (Wildman–Crippen LogP) is 3.09. The molecule has 1 aliphatic rings. The van der Waals surface area contributed by atoms with Crippen LogP contribution in [0.15, 0.2) is 23.2 Å². The lowest BCUT2D eigenvalue weighted by Crippen LogP contribution is -2.42. The van der Waals surface area contributed by atoms with E-state index in [1.165, 1.54) is 6.07 Å².